The first-order valence-corrected chi connectivity index (χ1v) is 15.6. The molecule has 7 nitrogen and oxygen atoms in total. The van der Waals surface area contributed by atoms with E-state index < -0.39 is 11.6 Å². The molecule has 0 aliphatic heterocycles. The lowest BCUT2D eigenvalue weighted by Crippen LogP contribution is -2.44. The van der Waals surface area contributed by atoms with Crippen molar-refractivity contribution in [2.75, 3.05) is 35.3 Å². The van der Waals surface area contributed by atoms with Gasteiger partial charge in [0, 0.05) is 44.5 Å². The molecule has 232 valence electrons. The monoisotopic (exact) mass is 640 g/mol. The summed E-state index contributed by atoms with van der Waals surface area (Å²) in [5.74, 6) is -1.29. The summed E-state index contributed by atoms with van der Waals surface area (Å²) >= 11 is 7.47. The molecule has 4 aromatic rings. The summed E-state index contributed by atoms with van der Waals surface area (Å²) in [6, 6.07) is 11.6. The highest BCUT2D eigenvalue weighted by Crippen LogP contribution is 2.41. The standard InChI is InChI=1S/C33H35ClF2N4O3S/c1-38(2)22-7-9-23(10-8-22)40(33(42)31-29(34)28-24(35)11-12-25(36)30(28)44-31)18-21-16-19(6-13-27(21)43-5)20-14-15-37-26(17-20)32(41)39(3)4/h6,11-17,22-23H,7-10,18H2,1-5H3/t22-,23-. The van der Waals surface area contributed by atoms with Crippen LogP contribution in [0.5, 0.6) is 5.75 Å². The van der Waals surface area contributed by atoms with Gasteiger partial charge in [-0.25, -0.2) is 8.78 Å². The van der Waals surface area contributed by atoms with Gasteiger partial charge >= 0.3 is 0 Å². The molecule has 44 heavy (non-hydrogen) atoms. The van der Waals surface area contributed by atoms with Gasteiger partial charge in [-0.2, -0.15) is 0 Å². The molecule has 1 fully saturated rings. The number of methoxy groups -OCH3 is 1. The van der Waals surface area contributed by atoms with Crippen molar-refractivity contribution in [2.24, 2.45) is 0 Å². The molecule has 2 heterocycles. The average Bonchev–Trinajstić information content (AvgIpc) is 3.39. The zero-order valence-corrected chi connectivity index (χ0v) is 26.9. The van der Waals surface area contributed by atoms with Gasteiger partial charge in [0.15, 0.2) is 0 Å². The largest absolute Gasteiger partial charge is 0.496 e. The highest BCUT2D eigenvalue weighted by molar-refractivity contribution is 7.21. The summed E-state index contributed by atoms with van der Waals surface area (Å²) in [6.07, 6.45) is 4.94. The van der Waals surface area contributed by atoms with Crippen LogP contribution in [0.2, 0.25) is 5.02 Å². The molecule has 0 atom stereocenters. The van der Waals surface area contributed by atoms with Crippen molar-refractivity contribution in [3.8, 4) is 16.9 Å². The van der Waals surface area contributed by atoms with Crippen molar-refractivity contribution >= 4 is 44.8 Å². The van der Waals surface area contributed by atoms with Crippen LogP contribution in [0.3, 0.4) is 0 Å². The van der Waals surface area contributed by atoms with E-state index in [0.29, 0.717) is 17.5 Å². The second-order valence-electron chi connectivity index (χ2n) is 11.5. The van der Waals surface area contributed by atoms with Gasteiger partial charge in [0.25, 0.3) is 11.8 Å². The van der Waals surface area contributed by atoms with Crippen molar-refractivity contribution in [3.05, 3.63) is 81.5 Å². The summed E-state index contributed by atoms with van der Waals surface area (Å²) in [5.41, 5.74) is 2.68. The number of hydrogen-bond acceptors (Lipinski definition) is 6. The van der Waals surface area contributed by atoms with Gasteiger partial charge in [-0.15, -0.1) is 11.3 Å². The number of thiophene rings is 1. The second kappa shape index (κ2) is 13.2. The molecule has 2 amide bonds. The molecule has 5 rings (SSSR count). The smallest absolute Gasteiger partial charge is 0.271 e. The van der Waals surface area contributed by atoms with Crippen molar-refractivity contribution in [1.82, 2.24) is 19.7 Å². The Kier molecular flexibility index (Phi) is 9.53. The number of carbonyl (C=O) groups excluding carboxylic acids is 2. The Labute approximate surface area is 265 Å². The van der Waals surface area contributed by atoms with E-state index in [2.05, 4.69) is 24.0 Å². The summed E-state index contributed by atoms with van der Waals surface area (Å²) < 4.78 is 35.2. The summed E-state index contributed by atoms with van der Waals surface area (Å²) in [7, 11) is 9.03. The Morgan fingerprint density at radius 3 is 2.23 bits per heavy atom. The fourth-order valence-electron chi connectivity index (χ4n) is 5.84. The van der Waals surface area contributed by atoms with Crippen molar-refractivity contribution in [2.45, 2.75) is 44.3 Å². The first-order chi connectivity index (χ1) is 21.0. The predicted molar refractivity (Wildman–Crippen MR) is 171 cm³/mol. The zero-order valence-electron chi connectivity index (χ0n) is 25.4. The Balaban J connectivity index is 1.55. The van der Waals surface area contributed by atoms with Crippen molar-refractivity contribution in [3.63, 3.8) is 0 Å². The van der Waals surface area contributed by atoms with Gasteiger partial charge in [0.2, 0.25) is 0 Å². The van der Waals surface area contributed by atoms with Crippen LogP contribution < -0.4 is 4.74 Å². The lowest BCUT2D eigenvalue weighted by atomic mass is 9.89. The van der Waals surface area contributed by atoms with Crippen LogP contribution in [0, 0.1) is 11.6 Å². The predicted octanol–water partition coefficient (Wildman–Crippen LogP) is 7.12. The van der Waals surface area contributed by atoms with Gasteiger partial charge in [-0.3, -0.25) is 14.6 Å². The van der Waals surface area contributed by atoms with E-state index in [0.717, 1.165) is 65.8 Å². The second-order valence-corrected chi connectivity index (χ2v) is 12.9. The molecule has 11 heteroatoms. The van der Waals surface area contributed by atoms with Crippen LogP contribution in [0.4, 0.5) is 8.78 Å². The third kappa shape index (κ3) is 6.29. The van der Waals surface area contributed by atoms with Gasteiger partial charge in [-0.05, 0) is 87.3 Å². The summed E-state index contributed by atoms with van der Waals surface area (Å²) in [4.78, 5) is 36.7. The Bertz CT molecular complexity index is 1700. The number of hydrogen-bond donors (Lipinski definition) is 0. The van der Waals surface area contributed by atoms with Crippen LogP contribution in [-0.4, -0.2) is 78.9 Å². The van der Waals surface area contributed by atoms with E-state index in [1.165, 1.54) is 4.90 Å². The zero-order chi connectivity index (χ0) is 31.7. The van der Waals surface area contributed by atoms with E-state index in [4.69, 9.17) is 16.3 Å². The van der Waals surface area contributed by atoms with E-state index in [-0.39, 0.29) is 44.4 Å². The lowest BCUT2D eigenvalue weighted by molar-refractivity contribution is 0.0572. The van der Waals surface area contributed by atoms with Gasteiger partial charge < -0.3 is 19.4 Å². The maximum absolute atomic E-state index is 14.7. The number of carbonyl (C=O) groups is 2. The van der Waals surface area contributed by atoms with Crippen LogP contribution in [0.15, 0.2) is 48.7 Å². The summed E-state index contributed by atoms with van der Waals surface area (Å²) in [6.45, 7) is 0.192. The minimum Gasteiger partial charge on any atom is -0.496 e. The van der Waals surface area contributed by atoms with Crippen LogP contribution in [0.1, 0.15) is 51.4 Å². The first-order valence-electron chi connectivity index (χ1n) is 14.4. The topological polar surface area (TPSA) is 66.0 Å². The summed E-state index contributed by atoms with van der Waals surface area (Å²) in [5, 5.41) is -0.147. The molecule has 1 saturated carbocycles. The number of aromatic nitrogens is 1. The molecule has 2 aromatic heterocycles. The quantitative estimate of drug-likeness (QED) is 0.205. The number of halogens is 3. The van der Waals surface area contributed by atoms with E-state index >= 15 is 0 Å². The molecule has 0 bridgehead atoms. The number of fused-ring (bicyclic) bond motifs is 1. The van der Waals surface area contributed by atoms with E-state index in [1.807, 2.05) is 24.3 Å². The van der Waals surface area contributed by atoms with E-state index in [1.54, 1.807) is 38.4 Å². The highest BCUT2D eigenvalue weighted by atomic mass is 35.5. The third-order valence-corrected chi connectivity index (χ3v) is 9.99. The van der Waals surface area contributed by atoms with Crippen LogP contribution in [0.25, 0.3) is 21.2 Å². The molecule has 0 unspecified atom stereocenters. The SMILES string of the molecule is COc1ccc(-c2ccnc(C(=O)N(C)C)c2)cc1CN(C(=O)c1sc2c(F)ccc(F)c2c1Cl)[C@H]1CC[C@H](N(C)C)CC1. The molecule has 0 spiro atoms. The van der Waals surface area contributed by atoms with Crippen molar-refractivity contribution in [1.29, 1.82) is 0 Å². The van der Waals surface area contributed by atoms with Crippen LogP contribution >= 0.6 is 22.9 Å². The molecule has 1 aliphatic carbocycles. The van der Waals surface area contributed by atoms with Gasteiger partial charge in [0.05, 0.1) is 22.2 Å². The Morgan fingerprint density at radius 1 is 0.932 bits per heavy atom. The van der Waals surface area contributed by atoms with E-state index in [9.17, 15) is 18.4 Å². The first kappa shape index (κ1) is 31.8. The molecule has 0 N–H and O–H groups in total. The molecular weight excluding hydrogens is 606 g/mol. The molecule has 2 aromatic carbocycles. The van der Waals surface area contributed by atoms with Crippen molar-refractivity contribution < 1.29 is 23.1 Å². The molecule has 0 radical (unpaired) electrons. The maximum Gasteiger partial charge on any atom is 0.271 e. The number of nitrogens with zero attached hydrogens (tertiary/aromatic N) is 4. The number of rotatable bonds is 8. The molecule has 1 aliphatic rings. The normalized spacial score (nSPS) is 16.8. The highest BCUT2D eigenvalue weighted by Gasteiger charge is 2.33. The lowest BCUT2D eigenvalue weighted by Gasteiger charge is -2.39. The van der Waals surface area contributed by atoms with Gasteiger partial charge in [0.1, 0.15) is 28.0 Å². The Hall–Kier alpha value is -3.60. The molecule has 0 saturated heterocycles. The fourth-order valence-corrected chi connectivity index (χ4v) is 7.35. The Morgan fingerprint density at radius 2 is 1.59 bits per heavy atom. The van der Waals surface area contributed by atoms with Crippen LogP contribution in [-0.2, 0) is 6.54 Å². The third-order valence-electron chi connectivity index (χ3n) is 8.31. The number of ether oxygens (including phenoxy) is 1. The minimum atomic E-state index is -0.668. The average molecular weight is 641 g/mol. The molecular formula is C33H35ClF2N4O3S. The number of pyridine rings is 1. The number of amides is 2. The maximum atomic E-state index is 14.7. The minimum absolute atomic E-state index is 0.0231. The van der Waals surface area contributed by atoms with Gasteiger partial charge in [-0.1, -0.05) is 17.7 Å². The number of benzene rings is 2. The fraction of sp³-hybridized carbons (Fsp3) is 0.364.